The van der Waals surface area contributed by atoms with Crippen molar-refractivity contribution in [3.63, 3.8) is 0 Å². The molecule has 3 aromatic rings. The Balaban J connectivity index is 1.57. The smallest absolute Gasteiger partial charge is 0.372 e. The summed E-state index contributed by atoms with van der Waals surface area (Å²) >= 11 is 0. The average Bonchev–Trinajstić information content (AvgIpc) is 3.28. The van der Waals surface area contributed by atoms with Crippen LogP contribution in [-0.4, -0.2) is 83.4 Å². The highest BCUT2D eigenvalue weighted by atomic mass is 32.2. The number of hydrogen-bond donors (Lipinski definition) is 3. The van der Waals surface area contributed by atoms with Gasteiger partial charge in [0.25, 0.3) is 5.91 Å². The molecule has 1 saturated heterocycles. The van der Waals surface area contributed by atoms with Crippen molar-refractivity contribution in [2.24, 2.45) is 5.92 Å². The molecular formula is C24H27F3N6O4S. The van der Waals surface area contributed by atoms with Gasteiger partial charge in [0, 0.05) is 54.4 Å². The predicted molar refractivity (Wildman–Crippen MR) is 135 cm³/mol. The molecule has 2 amide bonds. The van der Waals surface area contributed by atoms with Crippen LogP contribution in [0.4, 0.5) is 18.9 Å². The third-order valence-electron chi connectivity index (χ3n) is 6.19. The van der Waals surface area contributed by atoms with Crippen LogP contribution in [0.15, 0.2) is 36.9 Å². The molecule has 1 aliphatic rings. The van der Waals surface area contributed by atoms with Gasteiger partial charge in [0.15, 0.2) is 9.84 Å². The number of fused-ring (bicyclic) bond motifs is 1. The monoisotopic (exact) mass is 552 g/mol. The van der Waals surface area contributed by atoms with E-state index in [4.69, 9.17) is 0 Å². The summed E-state index contributed by atoms with van der Waals surface area (Å²) in [6.07, 6.45) is 1.63. The number of anilines is 1. The van der Waals surface area contributed by atoms with E-state index >= 15 is 0 Å². The molecule has 1 aliphatic heterocycles. The second-order valence-corrected chi connectivity index (χ2v) is 11.7. The number of alkyl halides is 3. The Bertz CT molecular complexity index is 1440. The van der Waals surface area contributed by atoms with E-state index in [-0.39, 0.29) is 36.4 Å². The molecule has 3 aromatic heterocycles. The Hall–Kier alpha value is -3.68. The number of rotatable bonds is 7. The lowest BCUT2D eigenvalue weighted by Crippen LogP contribution is -2.46. The van der Waals surface area contributed by atoms with E-state index in [1.165, 1.54) is 17.3 Å². The third-order valence-corrected chi connectivity index (χ3v) is 7.80. The van der Waals surface area contributed by atoms with Crippen molar-refractivity contribution >= 4 is 38.4 Å². The van der Waals surface area contributed by atoms with Crippen LogP contribution < -0.4 is 10.6 Å². The minimum atomic E-state index is -4.52. The number of aromatic amines is 1. The maximum absolute atomic E-state index is 13.0. The fourth-order valence-corrected chi connectivity index (χ4v) is 5.34. The van der Waals surface area contributed by atoms with Crippen LogP contribution in [-0.2, 0) is 14.6 Å². The summed E-state index contributed by atoms with van der Waals surface area (Å²) in [5.41, 5.74) is 2.54. The Morgan fingerprint density at radius 3 is 2.50 bits per heavy atom. The van der Waals surface area contributed by atoms with Crippen LogP contribution >= 0.6 is 0 Å². The fraction of sp³-hybridized carbons (Fsp3) is 0.417. The van der Waals surface area contributed by atoms with Gasteiger partial charge >= 0.3 is 6.18 Å². The molecule has 3 N–H and O–H groups in total. The van der Waals surface area contributed by atoms with Crippen LogP contribution in [0, 0.1) is 5.92 Å². The number of amides is 2. The first kappa shape index (κ1) is 27.4. The number of halogens is 3. The van der Waals surface area contributed by atoms with Crippen molar-refractivity contribution in [2.75, 3.05) is 36.5 Å². The van der Waals surface area contributed by atoms with E-state index in [2.05, 4.69) is 20.3 Å². The van der Waals surface area contributed by atoms with Gasteiger partial charge in [0.1, 0.15) is 18.2 Å². The van der Waals surface area contributed by atoms with E-state index in [1.807, 2.05) is 5.32 Å². The van der Waals surface area contributed by atoms with Crippen LogP contribution in [0.1, 0.15) is 24.2 Å². The van der Waals surface area contributed by atoms with Crippen molar-refractivity contribution in [1.29, 1.82) is 0 Å². The number of aromatic nitrogens is 3. The van der Waals surface area contributed by atoms with Gasteiger partial charge in [-0.2, -0.15) is 13.2 Å². The molecule has 0 spiro atoms. The minimum Gasteiger partial charge on any atom is -0.372 e. The number of nitrogens with one attached hydrogen (secondary N) is 3. The van der Waals surface area contributed by atoms with Crippen LogP contribution in [0.2, 0.25) is 0 Å². The van der Waals surface area contributed by atoms with Gasteiger partial charge in [-0.3, -0.25) is 14.6 Å². The lowest BCUT2D eigenvalue weighted by Gasteiger charge is -2.26. The number of carbonyl (C=O) groups is 2. The molecule has 14 heteroatoms. The summed E-state index contributed by atoms with van der Waals surface area (Å²) in [6, 6.07) is 2.43. The first-order chi connectivity index (χ1) is 17.8. The van der Waals surface area contributed by atoms with Gasteiger partial charge in [-0.05, 0) is 18.1 Å². The largest absolute Gasteiger partial charge is 0.405 e. The Kier molecular flexibility index (Phi) is 7.63. The summed E-state index contributed by atoms with van der Waals surface area (Å²) in [7, 11) is -3.14. The third kappa shape index (κ3) is 6.41. The quantitative estimate of drug-likeness (QED) is 0.410. The molecule has 0 aromatic carbocycles. The first-order valence-corrected chi connectivity index (χ1v) is 13.7. The summed E-state index contributed by atoms with van der Waals surface area (Å²) in [6.45, 7) is 2.23. The second-order valence-electron chi connectivity index (χ2n) is 9.43. The summed E-state index contributed by atoms with van der Waals surface area (Å²) in [5, 5.41) is 5.50. The number of H-pyrrole nitrogens is 1. The predicted octanol–water partition coefficient (Wildman–Crippen LogP) is 2.61. The highest BCUT2D eigenvalue weighted by Crippen LogP contribution is 2.30. The zero-order valence-corrected chi connectivity index (χ0v) is 21.5. The number of sulfone groups is 1. The highest BCUT2D eigenvalue weighted by Gasteiger charge is 2.31. The number of nitrogens with zero attached hydrogens (tertiary/aromatic N) is 3. The SMILES string of the molecule is CC(C)[C@@H](Nc1cncc(-c2c[nH]c3ncc(C(=O)N4CCS(=O)(=O)CC4)cc23)c1)C(=O)NCC(F)(F)F. The van der Waals surface area contributed by atoms with Crippen molar-refractivity contribution in [2.45, 2.75) is 26.1 Å². The van der Waals surface area contributed by atoms with Gasteiger partial charge in [-0.1, -0.05) is 13.8 Å². The first-order valence-electron chi connectivity index (χ1n) is 11.9. The molecule has 4 rings (SSSR count). The van der Waals surface area contributed by atoms with E-state index in [0.29, 0.717) is 33.4 Å². The van der Waals surface area contributed by atoms with Crippen LogP contribution in [0.3, 0.4) is 0 Å². The molecule has 10 nitrogen and oxygen atoms in total. The van der Waals surface area contributed by atoms with Crippen molar-refractivity contribution in [3.8, 4) is 11.1 Å². The molecule has 38 heavy (non-hydrogen) atoms. The van der Waals surface area contributed by atoms with Gasteiger partial charge in [0.2, 0.25) is 5.91 Å². The summed E-state index contributed by atoms with van der Waals surface area (Å²) in [4.78, 5) is 38.5. The zero-order valence-electron chi connectivity index (χ0n) is 20.7. The van der Waals surface area contributed by atoms with E-state index in [0.717, 1.165) is 0 Å². The van der Waals surface area contributed by atoms with Crippen molar-refractivity contribution < 1.29 is 31.2 Å². The van der Waals surface area contributed by atoms with Gasteiger partial charge in [-0.15, -0.1) is 0 Å². The van der Waals surface area contributed by atoms with Crippen molar-refractivity contribution in [3.05, 3.63) is 42.5 Å². The van der Waals surface area contributed by atoms with E-state index < -0.39 is 34.5 Å². The van der Waals surface area contributed by atoms with Crippen LogP contribution in [0.25, 0.3) is 22.2 Å². The Labute approximate surface area is 216 Å². The van der Waals surface area contributed by atoms with Gasteiger partial charge in [-0.25, -0.2) is 13.4 Å². The lowest BCUT2D eigenvalue weighted by molar-refractivity contribution is -0.139. The summed E-state index contributed by atoms with van der Waals surface area (Å²) in [5.74, 6) is -1.59. The molecule has 0 saturated carbocycles. The summed E-state index contributed by atoms with van der Waals surface area (Å²) < 4.78 is 61.1. The highest BCUT2D eigenvalue weighted by molar-refractivity contribution is 7.91. The molecule has 0 aliphatic carbocycles. The number of pyridine rings is 2. The zero-order chi connectivity index (χ0) is 27.7. The Morgan fingerprint density at radius 2 is 1.84 bits per heavy atom. The second kappa shape index (κ2) is 10.6. The fourth-order valence-electron chi connectivity index (χ4n) is 4.14. The topological polar surface area (TPSA) is 137 Å². The average molecular weight is 553 g/mol. The molecule has 0 bridgehead atoms. The number of hydrogen-bond acceptors (Lipinski definition) is 7. The Morgan fingerprint density at radius 1 is 1.13 bits per heavy atom. The normalized spacial score (nSPS) is 16.4. The van der Waals surface area contributed by atoms with E-state index in [9.17, 15) is 31.2 Å². The van der Waals surface area contributed by atoms with Gasteiger partial charge < -0.3 is 20.5 Å². The molecular weight excluding hydrogens is 525 g/mol. The molecule has 1 atom stereocenters. The standard InChI is InChI=1S/C24H27F3N6O4S/c1-14(2)20(22(34)31-13-24(25,26)27)32-17-7-15(9-28-11-17)19-12-30-21-18(19)8-16(10-29-21)23(35)33-3-5-38(36,37)6-4-33/h7-12,14,20,32H,3-6,13H2,1-2H3,(H,29,30)(H,31,34)/t20-/m1/s1. The molecule has 204 valence electrons. The maximum atomic E-state index is 13.0. The van der Waals surface area contributed by atoms with Crippen molar-refractivity contribution in [1.82, 2.24) is 25.2 Å². The van der Waals surface area contributed by atoms with Crippen LogP contribution in [0.5, 0.6) is 0 Å². The molecule has 0 radical (unpaired) electrons. The molecule has 1 fully saturated rings. The molecule has 0 unspecified atom stereocenters. The molecule has 4 heterocycles. The lowest BCUT2D eigenvalue weighted by atomic mass is 10.0. The number of carbonyl (C=O) groups excluding carboxylic acids is 2. The minimum absolute atomic E-state index is 0.0825. The van der Waals surface area contributed by atoms with Gasteiger partial charge in [0.05, 0.1) is 22.8 Å². The maximum Gasteiger partial charge on any atom is 0.405 e. The van der Waals surface area contributed by atoms with E-state index in [1.54, 1.807) is 38.4 Å².